The van der Waals surface area contributed by atoms with Crippen molar-refractivity contribution in [3.05, 3.63) is 30.2 Å². The fourth-order valence-electron chi connectivity index (χ4n) is 2.89. The van der Waals surface area contributed by atoms with Gasteiger partial charge in [0.25, 0.3) is 0 Å². The topological polar surface area (TPSA) is 84.8 Å². The Labute approximate surface area is 135 Å². The summed E-state index contributed by atoms with van der Waals surface area (Å²) in [5.41, 5.74) is 6.91. The number of rotatable bonds is 6. The van der Waals surface area contributed by atoms with Gasteiger partial charge in [0.1, 0.15) is 5.52 Å². The Morgan fingerprint density at radius 3 is 3.09 bits per heavy atom. The lowest BCUT2D eigenvalue weighted by molar-refractivity contribution is -0.119. The van der Waals surface area contributed by atoms with Gasteiger partial charge in [-0.05, 0) is 19.2 Å². The summed E-state index contributed by atoms with van der Waals surface area (Å²) in [6.07, 6.45) is 0.0532. The highest BCUT2D eigenvalue weighted by Gasteiger charge is 2.23. The van der Waals surface area contributed by atoms with Gasteiger partial charge >= 0.3 is 0 Å². The zero-order chi connectivity index (χ0) is 16.2. The van der Waals surface area contributed by atoms with Crippen molar-refractivity contribution >= 4 is 17.0 Å². The van der Waals surface area contributed by atoms with Gasteiger partial charge < -0.3 is 14.9 Å². The van der Waals surface area contributed by atoms with Crippen LogP contribution in [0.5, 0.6) is 0 Å². The van der Waals surface area contributed by atoms with E-state index in [1.807, 2.05) is 36.2 Å². The number of fused-ring (bicyclic) bond motifs is 1. The largest absolute Gasteiger partial charge is 0.439 e. The molecule has 1 aliphatic heterocycles. The molecule has 23 heavy (non-hydrogen) atoms. The number of oxazole rings is 1. The Morgan fingerprint density at radius 1 is 1.48 bits per heavy atom. The fraction of sp³-hybridized carbons (Fsp3) is 0.500. The molecule has 1 aliphatic rings. The van der Waals surface area contributed by atoms with Gasteiger partial charge in [-0.15, -0.1) is 0 Å². The molecule has 1 aromatic carbocycles. The number of likely N-dealkylation sites (N-methyl/N-ethyl adjacent to an activating group) is 1. The van der Waals surface area contributed by atoms with E-state index >= 15 is 0 Å². The van der Waals surface area contributed by atoms with Crippen molar-refractivity contribution in [3.8, 4) is 0 Å². The number of nitrogens with zero attached hydrogens (tertiary/aromatic N) is 3. The first-order chi connectivity index (χ1) is 11.1. The van der Waals surface area contributed by atoms with Gasteiger partial charge in [-0.1, -0.05) is 12.1 Å². The van der Waals surface area contributed by atoms with E-state index in [9.17, 15) is 4.79 Å². The van der Waals surface area contributed by atoms with Crippen LogP contribution in [0.1, 0.15) is 5.89 Å². The van der Waals surface area contributed by atoms with Crippen LogP contribution in [0.15, 0.2) is 28.7 Å². The average Bonchev–Trinajstić information content (AvgIpc) is 2.88. The molecule has 1 saturated heterocycles. The van der Waals surface area contributed by atoms with E-state index in [0.29, 0.717) is 19.7 Å². The molecule has 7 heteroatoms. The maximum Gasteiger partial charge on any atom is 0.231 e. The Balaban J connectivity index is 1.56. The van der Waals surface area contributed by atoms with Crippen LogP contribution in [-0.4, -0.2) is 66.6 Å². The molecule has 1 atom stereocenters. The van der Waals surface area contributed by atoms with Crippen LogP contribution in [0.2, 0.25) is 0 Å². The summed E-state index contributed by atoms with van der Waals surface area (Å²) in [7, 11) is 1.87. The first-order valence-corrected chi connectivity index (χ1v) is 7.75. The third-order valence-corrected chi connectivity index (χ3v) is 3.86. The third-order valence-electron chi connectivity index (χ3n) is 3.86. The Morgan fingerprint density at radius 2 is 2.30 bits per heavy atom. The van der Waals surface area contributed by atoms with Gasteiger partial charge in [0.2, 0.25) is 11.8 Å². The van der Waals surface area contributed by atoms with Crippen molar-refractivity contribution in [2.45, 2.75) is 12.6 Å². The van der Waals surface area contributed by atoms with Crippen LogP contribution in [0.3, 0.4) is 0 Å². The number of carbonyl (C=O) groups is 1. The number of ether oxygens (including phenoxy) is 1. The summed E-state index contributed by atoms with van der Waals surface area (Å²) in [5, 5.41) is 0. The molecule has 124 valence electrons. The summed E-state index contributed by atoms with van der Waals surface area (Å²) in [4.78, 5) is 19.6. The van der Waals surface area contributed by atoms with Crippen molar-refractivity contribution in [3.63, 3.8) is 0 Å². The number of para-hydroxylation sites is 2. The van der Waals surface area contributed by atoms with Crippen LogP contribution >= 0.6 is 0 Å². The van der Waals surface area contributed by atoms with Crippen LogP contribution < -0.4 is 5.73 Å². The number of carbonyl (C=O) groups excluding carboxylic acids is 1. The zero-order valence-electron chi connectivity index (χ0n) is 13.3. The lowest BCUT2D eigenvalue weighted by Crippen LogP contribution is -2.47. The lowest BCUT2D eigenvalue weighted by atomic mass is 10.2. The summed E-state index contributed by atoms with van der Waals surface area (Å²) < 4.78 is 11.5. The fourth-order valence-corrected chi connectivity index (χ4v) is 2.89. The van der Waals surface area contributed by atoms with Gasteiger partial charge in [-0.25, -0.2) is 4.98 Å². The predicted molar refractivity (Wildman–Crippen MR) is 85.7 cm³/mol. The standard InChI is InChI=1S/C16H22N4O3/c1-19(10-15(17)21)8-12-9-20(6-7-22-12)11-16-18-13-4-2-3-5-14(13)23-16/h2-5,12H,6-11H2,1H3,(H2,17,21). The smallest absolute Gasteiger partial charge is 0.231 e. The second-order valence-electron chi connectivity index (χ2n) is 5.97. The minimum Gasteiger partial charge on any atom is -0.439 e. The van der Waals surface area contributed by atoms with Gasteiger partial charge in [-0.3, -0.25) is 14.6 Å². The highest BCUT2D eigenvalue weighted by atomic mass is 16.5. The third kappa shape index (κ3) is 4.28. The molecule has 0 bridgehead atoms. The molecule has 2 N–H and O–H groups in total. The van der Waals surface area contributed by atoms with E-state index < -0.39 is 0 Å². The van der Waals surface area contributed by atoms with Crippen molar-refractivity contribution < 1.29 is 13.9 Å². The quantitative estimate of drug-likeness (QED) is 0.832. The highest BCUT2D eigenvalue weighted by molar-refractivity contribution is 5.75. The number of hydrogen-bond acceptors (Lipinski definition) is 6. The highest BCUT2D eigenvalue weighted by Crippen LogP contribution is 2.17. The predicted octanol–water partition coefficient (Wildman–Crippen LogP) is 0.446. The lowest BCUT2D eigenvalue weighted by Gasteiger charge is -2.33. The summed E-state index contributed by atoms with van der Waals surface area (Å²) in [6, 6.07) is 7.76. The van der Waals surface area contributed by atoms with E-state index in [0.717, 1.165) is 30.1 Å². The summed E-state index contributed by atoms with van der Waals surface area (Å²) in [5.74, 6) is 0.393. The minimum atomic E-state index is -0.327. The second-order valence-corrected chi connectivity index (χ2v) is 5.97. The maximum absolute atomic E-state index is 11.0. The number of primary amides is 1. The molecule has 2 heterocycles. The molecule has 0 saturated carbocycles. The summed E-state index contributed by atoms with van der Waals surface area (Å²) in [6.45, 7) is 3.86. The van der Waals surface area contributed by atoms with Gasteiger partial charge in [0.05, 0.1) is 25.8 Å². The molecule has 1 aromatic heterocycles. The monoisotopic (exact) mass is 318 g/mol. The molecule has 0 spiro atoms. The first kappa shape index (κ1) is 15.9. The molecule has 1 amide bonds. The van der Waals surface area contributed by atoms with E-state index in [1.54, 1.807) is 0 Å². The van der Waals surface area contributed by atoms with Crippen molar-refractivity contribution in [2.24, 2.45) is 5.73 Å². The van der Waals surface area contributed by atoms with Crippen LogP contribution in [-0.2, 0) is 16.1 Å². The van der Waals surface area contributed by atoms with E-state index in [2.05, 4.69) is 9.88 Å². The van der Waals surface area contributed by atoms with Crippen LogP contribution in [0, 0.1) is 0 Å². The van der Waals surface area contributed by atoms with Gasteiger partial charge in [0, 0.05) is 19.6 Å². The molecule has 0 radical (unpaired) electrons. The number of hydrogen-bond donors (Lipinski definition) is 1. The van der Waals surface area contributed by atoms with Gasteiger partial charge in [-0.2, -0.15) is 0 Å². The van der Waals surface area contributed by atoms with E-state index in [-0.39, 0.29) is 18.6 Å². The van der Waals surface area contributed by atoms with E-state index in [1.165, 1.54) is 0 Å². The molecule has 1 fully saturated rings. The number of amides is 1. The molecule has 1 unspecified atom stereocenters. The number of aromatic nitrogens is 1. The number of nitrogens with two attached hydrogens (primary N) is 1. The Bertz CT molecular complexity index is 639. The first-order valence-electron chi connectivity index (χ1n) is 7.75. The second kappa shape index (κ2) is 7.08. The van der Waals surface area contributed by atoms with Crippen molar-refractivity contribution in [1.82, 2.24) is 14.8 Å². The maximum atomic E-state index is 11.0. The molecule has 3 rings (SSSR count). The Kier molecular flexibility index (Phi) is 4.90. The molecular formula is C16H22N4O3. The number of morpholine rings is 1. The molecular weight excluding hydrogens is 296 g/mol. The van der Waals surface area contributed by atoms with Crippen LogP contribution in [0.25, 0.3) is 11.1 Å². The zero-order valence-corrected chi connectivity index (χ0v) is 13.3. The minimum absolute atomic E-state index is 0.0532. The average molecular weight is 318 g/mol. The van der Waals surface area contributed by atoms with Crippen molar-refractivity contribution in [2.75, 3.05) is 39.8 Å². The summed E-state index contributed by atoms with van der Waals surface area (Å²) >= 11 is 0. The molecule has 0 aliphatic carbocycles. The van der Waals surface area contributed by atoms with Crippen molar-refractivity contribution in [1.29, 1.82) is 0 Å². The molecule has 7 nitrogen and oxygen atoms in total. The van der Waals surface area contributed by atoms with Crippen LogP contribution in [0.4, 0.5) is 0 Å². The SMILES string of the molecule is CN(CC(N)=O)CC1CN(Cc2nc3ccccc3o2)CCO1. The number of benzene rings is 1. The van der Waals surface area contributed by atoms with E-state index in [4.69, 9.17) is 14.9 Å². The normalized spacial score (nSPS) is 19.5. The van der Waals surface area contributed by atoms with Gasteiger partial charge in [0.15, 0.2) is 5.58 Å². The Hall–Kier alpha value is -1.96. The molecule has 2 aromatic rings.